The number of ether oxygens (including phenoxy) is 2. The summed E-state index contributed by atoms with van der Waals surface area (Å²) >= 11 is 7.89. The second-order valence-corrected chi connectivity index (χ2v) is 6.86. The van der Waals surface area contributed by atoms with Crippen molar-refractivity contribution in [3.05, 3.63) is 50.6 Å². The Morgan fingerprint density at radius 1 is 1.15 bits per heavy atom. The van der Waals surface area contributed by atoms with Crippen molar-refractivity contribution in [1.29, 1.82) is 0 Å². The summed E-state index contributed by atoms with van der Waals surface area (Å²) < 4.78 is 11.4. The Labute approximate surface area is 175 Å². The Kier molecular flexibility index (Phi) is 7.86. The van der Waals surface area contributed by atoms with Crippen molar-refractivity contribution < 1.29 is 19.1 Å². The molecule has 0 radical (unpaired) electrons. The number of carbonyl (C=O) groups is 2. The normalized spacial score (nSPS) is 10.5. The number of nitrogens with zero attached hydrogens (tertiary/aromatic N) is 1. The lowest BCUT2D eigenvalue weighted by molar-refractivity contribution is -0.126. The minimum atomic E-state index is -0.534. The molecule has 0 bridgehead atoms. The van der Waals surface area contributed by atoms with Gasteiger partial charge in [0.2, 0.25) is 11.8 Å². The van der Waals surface area contributed by atoms with Crippen LogP contribution in [0.5, 0.6) is 11.5 Å². The van der Waals surface area contributed by atoms with Gasteiger partial charge in [0, 0.05) is 10.7 Å². The molecule has 7 nitrogen and oxygen atoms in total. The van der Waals surface area contributed by atoms with Crippen LogP contribution in [0.25, 0.3) is 0 Å². The zero-order valence-electron chi connectivity index (χ0n) is 14.6. The summed E-state index contributed by atoms with van der Waals surface area (Å²) in [6, 6.07) is 10.1. The van der Waals surface area contributed by atoms with E-state index in [1.165, 1.54) is 13.3 Å². The number of halogens is 2. The number of nitrogens with one attached hydrogen (secondary N) is 2. The fourth-order valence-electron chi connectivity index (χ4n) is 2.11. The Bertz CT molecular complexity index is 856. The van der Waals surface area contributed by atoms with Gasteiger partial charge in [-0.25, -0.2) is 5.43 Å². The highest BCUT2D eigenvalue weighted by Crippen LogP contribution is 2.32. The molecular formula is C18H17ClIN3O4. The predicted molar refractivity (Wildman–Crippen MR) is 113 cm³/mol. The van der Waals surface area contributed by atoms with Gasteiger partial charge in [-0.3, -0.25) is 9.59 Å². The Morgan fingerprint density at radius 3 is 2.48 bits per heavy atom. The van der Waals surface area contributed by atoms with Crippen LogP contribution in [0.2, 0.25) is 5.02 Å². The van der Waals surface area contributed by atoms with Crippen molar-refractivity contribution in [3.8, 4) is 11.5 Å². The molecule has 0 heterocycles. The number of methoxy groups -OCH3 is 2. The molecule has 9 heteroatoms. The van der Waals surface area contributed by atoms with E-state index >= 15 is 0 Å². The van der Waals surface area contributed by atoms with E-state index in [0.29, 0.717) is 27.8 Å². The molecule has 0 aromatic heterocycles. The molecule has 2 rings (SSSR count). The lowest BCUT2D eigenvalue weighted by atomic mass is 10.2. The summed E-state index contributed by atoms with van der Waals surface area (Å²) in [6.07, 6.45) is 1.10. The number of hydrazone groups is 1. The highest BCUT2D eigenvalue weighted by Gasteiger charge is 2.11. The van der Waals surface area contributed by atoms with E-state index < -0.39 is 11.8 Å². The van der Waals surface area contributed by atoms with Crippen LogP contribution < -0.4 is 20.2 Å². The molecule has 0 aliphatic heterocycles. The van der Waals surface area contributed by atoms with Gasteiger partial charge < -0.3 is 14.8 Å². The second kappa shape index (κ2) is 10.1. The fraction of sp³-hybridized carbons (Fsp3) is 0.167. The zero-order chi connectivity index (χ0) is 19.8. The molecule has 142 valence electrons. The molecule has 0 fully saturated rings. The van der Waals surface area contributed by atoms with E-state index in [1.807, 2.05) is 6.07 Å². The van der Waals surface area contributed by atoms with Crippen LogP contribution in [-0.4, -0.2) is 32.2 Å². The van der Waals surface area contributed by atoms with Crippen molar-refractivity contribution in [2.45, 2.75) is 6.42 Å². The molecule has 2 amide bonds. The molecule has 0 atom stereocenters. The van der Waals surface area contributed by atoms with E-state index in [-0.39, 0.29) is 6.42 Å². The first kappa shape index (κ1) is 21.0. The van der Waals surface area contributed by atoms with E-state index in [1.54, 1.807) is 37.4 Å². The monoisotopic (exact) mass is 501 g/mol. The molecule has 2 aromatic rings. The third kappa shape index (κ3) is 6.40. The van der Waals surface area contributed by atoms with Crippen LogP contribution in [0.4, 0.5) is 5.69 Å². The van der Waals surface area contributed by atoms with Gasteiger partial charge in [0.1, 0.15) is 6.42 Å². The third-order valence-corrected chi connectivity index (χ3v) is 4.36. The maximum absolute atomic E-state index is 11.9. The Morgan fingerprint density at radius 2 is 1.85 bits per heavy atom. The van der Waals surface area contributed by atoms with Crippen LogP contribution >= 0.6 is 34.2 Å². The van der Waals surface area contributed by atoms with Crippen molar-refractivity contribution in [2.24, 2.45) is 5.10 Å². The second-order valence-electron chi connectivity index (χ2n) is 5.26. The first-order valence-electron chi connectivity index (χ1n) is 7.71. The molecule has 0 aliphatic carbocycles. The van der Waals surface area contributed by atoms with Gasteiger partial charge in [-0.15, -0.1) is 0 Å². The number of hydrogen-bond acceptors (Lipinski definition) is 5. The minimum Gasteiger partial charge on any atom is -0.493 e. The summed E-state index contributed by atoms with van der Waals surface area (Å²) in [7, 11) is 3.10. The first-order chi connectivity index (χ1) is 12.9. The Balaban J connectivity index is 1.90. The minimum absolute atomic E-state index is 0.358. The lowest BCUT2D eigenvalue weighted by Gasteiger charge is -2.10. The topological polar surface area (TPSA) is 89.0 Å². The molecule has 0 aliphatic rings. The van der Waals surface area contributed by atoms with Gasteiger partial charge in [-0.1, -0.05) is 11.6 Å². The van der Waals surface area contributed by atoms with Gasteiger partial charge >= 0.3 is 0 Å². The average Bonchev–Trinajstić information content (AvgIpc) is 2.63. The third-order valence-electron chi connectivity index (χ3n) is 3.31. The first-order valence-corrected chi connectivity index (χ1v) is 9.17. The summed E-state index contributed by atoms with van der Waals surface area (Å²) in [6.45, 7) is 0. The predicted octanol–water partition coefficient (Wildman–Crippen LogP) is 3.44. The van der Waals surface area contributed by atoms with Gasteiger partial charge in [-0.2, -0.15) is 5.10 Å². The van der Waals surface area contributed by atoms with Gasteiger partial charge in [0.25, 0.3) is 0 Å². The Hall–Kier alpha value is -2.33. The summed E-state index contributed by atoms with van der Waals surface area (Å²) in [5.74, 6) is 0.191. The fourth-order valence-corrected chi connectivity index (χ4v) is 3.09. The number of rotatable bonds is 7. The number of hydrogen-bond donors (Lipinski definition) is 2. The number of carbonyl (C=O) groups excluding carboxylic acids is 2. The maximum atomic E-state index is 11.9. The maximum Gasteiger partial charge on any atom is 0.249 e. The number of amides is 2. The van der Waals surface area contributed by atoms with Crippen molar-refractivity contribution in [1.82, 2.24) is 5.43 Å². The number of anilines is 1. The lowest BCUT2D eigenvalue weighted by Crippen LogP contribution is -2.24. The SMILES string of the molecule is COc1cc(C=NNC(=O)CC(=O)Nc2ccc(Cl)cc2)cc(I)c1OC. The van der Waals surface area contributed by atoms with E-state index in [9.17, 15) is 9.59 Å². The van der Waals surface area contributed by atoms with Gasteiger partial charge in [0.05, 0.1) is 24.0 Å². The molecule has 0 saturated carbocycles. The molecule has 0 saturated heterocycles. The van der Waals surface area contributed by atoms with Crippen LogP contribution in [-0.2, 0) is 9.59 Å². The standard InChI is InChI=1S/C18H17ClIN3O4/c1-26-15-8-11(7-14(20)18(15)27-2)10-21-23-17(25)9-16(24)22-13-5-3-12(19)4-6-13/h3-8,10H,9H2,1-2H3,(H,22,24)(H,23,25). The average molecular weight is 502 g/mol. The van der Waals surface area contributed by atoms with Crippen LogP contribution in [0, 0.1) is 3.57 Å². The summed E-state index contributed by atoms with van der Waals surface area (Å²) in [5.41, 5.74) is 3.58. The highest BCUT2D eigenvalue weighted by molar-refractivity contribution is 14.1. The van der Waals surface area contributed by atoms with Crippen molar-refractivity contribution in [2.75, 3.05) is 19.5 Å². The van der Waals surface area contributed by atoms with E-state index in [0.717, 1.165) is 3.57 Å². The quantitative estimate of drug-likeness (QED) is 0.263. The van der Waals surface area contributed by atoms with Crippen LogP contribution in [0.15, 0.2) is 41.5 Å². The van der Waals surface area contributed by atoms with Crippen LogP contribution in [0.1, 0.15) is 12.0 Å². The molecule has 0 unspecified atom stereocenters. The van der Waals surface area contributed by atoms with Gasteiger partial charge in [0.15, 0.2) is 11.5 Å². The van der Waals surface area contributed by atoms with Gasteiger partial charge in [-0.05, 0) is 64.6 Å². The van der Waals surface area contributed by atoms with E-state index in [4.69, 9.17) is 21.1 Å². The molecule has 2 aromatic carbocycles. The molecule has 27 heavy (non-hydrogen) atoms. The molecule has 2 N–H and O–H groups in total. The highest BCUT2D eigenvalue weighted by atomic mass is 127. The number of benzene rings is 2. The van der Waals surface area contributed by atoms with E-state index in [2.05, 4.69) is 38.4 Å². The zero-order valence-corrected chi connectivity index (χ0v) is 17.5. The van der Waals surface area contributed by atoms with Crippen molar-refractivity contribution >= 4 is 57.9 Å². The molecule has 0 spiro atoms. The summed E-state index contributed by atoms with van der Waals surface area (Å²) in [5, 5.41) is 7.03. The van der Waals surface area contributed by atoms with Crippen LogP contribution in [0.3, 0.4) is 0 Å². The largest absolute Gasteiger partial charge is 0.493 e. The smallest absolute Gasteiger partial charge is 0.249 e. The summed E-state index contributed by atoms with van der Waals surface area (Å²) in [4.78, 5) is 23.7. The van der Waals surface area contributed by atoms with Crippen molar-refractivity contribution in [3.63, 3.8) is 0 Å². The molecular weight excluding hydrogens is 485 g/mol.